The molecule has 4 N–H and O–H groups in total. The van der Waals surface area contributed by atoms with E-state index in [2.05, 4.69) is 58.6 Å². The lowest BCUT2D eigenvalue weighted by Gasteiger charge is -2.34. The van der Waals surface area contributed by atoms with E-state index in [1.165, 1.54) is 49.6 Å². The van der Waals surface area contributed by atoms with Crippen LogP contribution in [0, 0.1) is 10.8 Å². The van der Waals surface area contributed by atoms with Crippen LogP contribution in [-0.2, 0) is 27.4 Å². The molecule has 0 aliphatic carbocycles. The SMILES string of the molecule is CC(C)(C)C(=O)O.CC(C)(C)C(=O)n1nc(C2CCN(CCN3CCOCC3)CC2)cc1NCc1ccc(Cl)s1.Clc1ccc(CNc2cc(C3CCN(CCN4CCOCC4)CC3)[nH]n2)s1. The number of nitrogens with one attached hydrogen (secondary N) is 3. The highest BCUT2D eigenvalue weighted by Crippen LogP contribution is 2.32. The van der Waals surface area contributed by atoms with Gasteiger partial charge in [-0.3, -0.25) is 24.5 Å². The number of halogens is 2. The van der Waals surface area contributed by atoms with E-state index < -0.39 is 16.8 Å². The second-order valence-electron chi connectivity index (χ2n) is 19.9. The molecule has 4 aliphatic heterocycles. The van der Waals surface area contributed by atoms with Gasteiger partial charge in [0, 0.05) is 97.2 Å². The van der Waals surface area contributed by atoms with Crippen LogP contribution >= 0.6 is 45.9 Å². The molecule has 19 heteroatoms. The molecule has 4 aromatic heterocycles. The summed E-state index contributed by atoms with van der Waals surface area (Å²) in [6.45, 7) is 29.0. The number of rotatable bonds is 14. The van der Waals surface area contributed by atoms with Crippen LogP contribution in [0.1, 0.15) is 105 Å². The highest BCUT2D eigenvalue weighted by atomic mass is 35.5. The van der Waals surface area contributed by atoms with E-state index >= 15 is 0 Å². The summed E-state index contributed by atoms with van der Waals surface area (Å²) in [7, 11) is 0. The highest BCUT2D eigenvalue weighted by molar-refractivity contribution is 7.16. The Morgan fingerprint density at radius 2 is 1.13 bits per heavy atom. The maximum absolute atomic E-state index is 13.1. The molecule has 0 saturated carbocycles. The fourth-order valence-electron chi connectivity index (χ4n) is 8.22. The Balaban J connectivity index is 0.000000196. The summed E-state index contributed by atoms with van der Waals surface area (Å²) in [5.41, 5.74) is 1.19. The van der Waals surface area contributed by atoms with E-state index in [-0.39, 0.29) is 5.91 Å². The smallest absolute Gasteiger partial charge is 0.308 e. The molecule has 4 saturated heterocycles. The number of ether oxygens (including phenoxy) is 2. The first-order valence-electron chi connectivity index (χ1n) is 23.9. The predicted octanol–water partition coefficient (Wildman–Crippen LogP) is 8.77. The first-order chi connectivity index (χ1) is 32.0. The van der Waals surface area contributed by atoms with Crippen molar-refractivity contribution in [2.45, 2.75) is 92.2 Å². The Hall–Kier alpha value is -3.10. The fourth-order valence-corrected chi connectivity index (χ4v) is 10.3. The minimum absolute atomic E-state index is 0.00316. The summed E-state index contributed by atoms with van der Waals surface area (Å²) < 4.78 is 14.1. The molecule has 0 spiro atoms. The molecule has 8 heterocycles. The number of carbonyl (C=O) groups is 2. The number of thiophene rings is 2. The molecule has 4 fully saturated rings. The van der Waals surface area contributed by atoms with Crippen molar-refractivity contribution in [1.29, 1.82) is 0 Å². The minimum Gasteiger partial charge on any atom is -0.481 e. The van der Waals surface area contributed by atoms with Crippen molar-refractivity contribution in [3.8, 4) is 0 Å². The molecular weight excluding hydrogens is 932 g/mol. The second kappa shape index (κ2) is 25.7. The lowest BCUT2D eigenvalue weighted by Crippen LogP contribution is -2.43. The second-order valence-corrected chi connectivity index (χ2v) is 23.5. The Morgan fingerprint density at radius 3 is 1.57 bits per heavy atom. The number of H-pyrrole nitrogens is 1. The van der Waals surface area contributed by atoms with Gasteiger partial charge in [-0.15, -0.1) is 22.7 Å². The van der Waals surface area contributed by atoms with Crippen molar-refractivity contribution in [2.24, 2.45) is 10.8 Å². The first kappa shape index (κ1) is 53.3. The monoisotopic (exact) mass is 1000 g/mol. The van der Waals surface area contributed by atoms with Crippen LogP contribution in [-0.4, -0.2) is 162 Å². The van der Waals surface area contributed by atoms with E-state index in [9.17, 15) is 9.59 Å². The molecular formula is C48H74Cl2N10O5S2. The average Bonchev–Trinajstić information content (AvgIpc) is 4.15. The Labute approximate surface area is 415 Å². The minimum atomic E-state index is -0.757. The van der Waals surface area contributed by atoms with Gasteiger partial charge >= 0.3 is 5.97 Å². The summed E-state index contributed by atoms with van der Waals surface area (Å²) in [6.07, 6.45) is 4.55. The summed E-state index contributed by atoms with van der Waals surface area (Å²) in [5, 5.41) is 27.5. The zero-order valence-corrected chi connectivity index (χ0v) is 43.6. The summed E-state index contributed by atoms with van der Waals surface area (Å²) in [6, 6.07) is 12.2. The number of carboxylic acid groups (broad SMARTS) is 1. The largest absolute Gasteiger partial charge is 0.481 e. The Morgan fingerprint density at radius 1 is 0.687 bits per heavy atom. The summed E-state index contributed by atoms with van der Waals surface area (Å²) in [4.78, 5) is 35.6. The van der Waals surface area contributed by atoms with Crippen LogP contribution in [0.3, 0.4) is 0 Å². The summed E-state index contributed by atoms with van der Waals surface area (Å²) >= 11 is 15.2. The van der Waals surface area contributed by atoms with E-state index in [0.717, 1.165) is 129 Å². The number of nitrogens with zero attached hydrogens (tertiary/aromatic N) is 7. The first-order valence-corrected chi connectivity index (χ1v) is 26.3. The van der Waals surface area contributed by atoms with Crippen molar-refractivity contribution in [2.75, 3.05) is 116 Å². The third-order valence-electron chi connectivity index (χ3n) is 12.7. The van der Waals surface area contributed by atoms with Gasteiger partial charge in [-0.1, -0.05) is 44.0 Å². The Bertz CT molecular complexity index is 2100. The van der Waals surface area contributed by atoms with Crippen molar-refractivity contribution in [3.05, 3.63) is 66.2 Å². The average molecular weight is 1010 g/mol. The number of aromatic nitrogens is 4. The van der Waals surface area contributed by atoms with Gasteiger partial charge in [-0.2, -0.15) is 14.9 Å². The number of piperidine rings is 2. The third kappa shape index (κ3) is 17.4. The van der Waals surface area contributed by atoms with Crippen molar-refractivity contribution >= 4 is 69.4 Å². The maximum atomic E-state index is 13.1. The Kier molecular flexibility index (Phi) is 20.4. The van der Waals surface area contributed by atoms with E-state index in [1.54, 1.807) is 48.1 Å². The number of aromatic amines is 1. The molecule has 4 aromatic rings. The molecule has 0 unspecified atom stereocenters. The van der Waals surface area contributed by atoms with Crippen molar-refractivity contribution < 1.29 is 24.2 Å². The van der Waals surface area contributed by atoms with Gasteiger partial charge in [-0.25, -0.2) is 0 Å². The quantitative estimate of drug-likeness (QED) is 0.0952. The van der Waals surface area contributed by atoms with Crippen LogP contribution in [0.5, 0.6) is 0 Å². The maximum Gasteiger partial charge on any atom is 0.308 e. The van der Waals surface area contributed by atoms with Gasteiger partial charge in [0.2, 0.25) is 0 Å². The standard InChI is InChI=1S/C24H36ClN5O2S.C19H28ClN5OS.C5H10O2/c1-24(2,3)23(31)30-22(26-17-19-4-5-21(25)33-19)16-20(27-30)18-6-8-28(9-7-18)10-11-29-12-14-32-15-13-29;20-18-2-1-16(27-18)14-21-19-13-17(22-23-19)15-3-5-24(6-4-15)7-8-25-9-11-26-12-10-25;1-5(2,3)4(6)7/h4-5,16,18,26H,6-15,17H2,1-3H3;1-2,13,15H,3-12,14H2,(H2,21,22,23);1-3H3,(H,6,7). The predicted molar refractivity (Wildman–Crippen MR) is 273 cm³/mol. The zero-order valence-electron chi connectivity index (χ0n) is 40.5. The van der Waals surface area contributed by atoms with Gasteiger partial charge in [0.05, 0.1) is 59.3 Å². The third-order valence-corrected chi connectivity index (χ3v) is 15.1. The number of hydrogen-bond acceptors (Lipinski definition) is 14. The molecule has 67 heavy (non-hydrogen) atoms. The topological polar surface area (TPSA) is 156 Å². The fraction of sp³-hybridized carbons (Fsp3) is 0.667. The summed E-state index contributed by atoms with van der Waals surface area (Å²) in [5.74, 6) is 1.91. The van der Waals surface area contributed by atoms with Crippen LogP contribution in [0.4, 0.5) is 11.6 Å². The van der Waals surface area contributed by atoms with E-state index in [1.807, 2.05) is 39.0 Å². The number of morpholine rings is 2. The van der Waals surface area contributed by atoms with Crippen molar-refractivity contribution in [3.63, 3.8) is 0 Å². The number of anilines is 2. The molecule has 0 amide bonds. The molecule has 0 atom stereocenters. The number of carbonyl (C=O) groups excluding carboxylic acids is 1. The van der Waals surface area contributed by atoms with Crippen LogP contribution in [0.25, 0.3) is 0 Å². The number of carboxylic acids is 1. The lowest BCUT2D eigenvalue weighted by molar-refractivity contribution is -0.145. The molecule has 0 aromatic carbocycles. The molecule has 15 nitrogen and oxygen atoms in total. The highest BCUT2D eigenvalue weighted by Gasteiger charge is 2.30. The lowest BCUT2D eigenvalue weighted by atomic mass is 9.93. The molecule has 8 rings (SSSR count). The number of likely N-dealkylation sites (tertiary alicyclic amines) is 2. The van der Waals surface area contributed by atoms with Crippen molar-refractivity contribution in [1.82, 2.24) is 39.6 Å². The molecule has 372 valence electrons. The molecule has 0 bridgehead atoms. The zero-order chi connectivity index (χ0) is 48.0. The van der Waals surface area contributed by atoms with Gasteiger partial charge in [0.1, 0.15) is 11.6 Å². The van der Waals surface area contributed by atoms with Crippen LogP contribution < -0.4 is 10.6 Å². The van der Waals surface area contributed by atoms with Crippen LogP contribution in [0.15, 0.2) is 36.4 Å². The van der Waals surface area contributed by atoms with Gasteiger partial charge in [-0.05, 0) is 96.9 Å². The molecule has 4 aliphatic rings. The normalized spacial score (nSPS) is 18.7. The molecule has 0 radical (unpaired) electrons. The van der Waals surface area contributed by atoms with Gasteiger partial charge in [0.25, 0.3) is 5.91 Å². The van der Waals surface area contributed by atoms with Crippen LogP contribution in [0.2, 0.25) is 8.67 Å². The van der Waals surface area contributed by atoms with E-state index in [4.69, 9.17) is 42.9 Å². The number of hydrogen-bond donors (Lipinski definition) is 4. The van der Waals surface area contributed by atoms with Gasteiger partial charge < -0.3 is 35.0 Å². The van der Waals surface area contributed by atoms with E-state index in [0.29, 0.717) is 18.4 Å². The number of aliphatic carboxylic acids is 1. The van der Waals surface area contributed by atoms with Gasteiger partial charge in [0.15, 0.2) is 0 Å².